The van der Waals surface area contributed by atoms with Crippen LogP contribution in [-0.2, 0) is 9.47 Å². The number of rotatable bonds is 0. The molecule has 4 heteroatoms. The molecule has 4 nitrogen and oxygen atoms in total. The molecule has 2 aliphatic rings. The summed E-state index contributed by atoms with van der Waals surface area (Å²) in [5.41, 5.74) is 0. The van der Waals surface area contributed by atoms with Crippen LogP contribution in [0.3, 0.4) is 0 Å². The molecule has 0 bridgehead atoms. The molecule has 4 atom stereocenters. The van der Waals surface area contributed by atoms with Crippen LogP contribution in [-0.4, -0.2) is 41.4 Å². The van der Waals surface area contributed by atoms with Gasteiger partial charge in [-0.15, -0.1) is 0 Å². The van der Waals surface area contributed by atoms with Crippen molar-refractivity contribution < 1.29 is 19.7 Å². The molecule has 0 saturated carbocycles. The minimum atomic E-state index is -1.10. The van der Waals surface area contributed by atoms with Crippen molar-refractivity contribution in [2.45, 2.75) is 24.6 Å². The Balaban J connectivity index is 2.14. The highest BCUT2D eigenvalue weighted by atomic mass is 16.7. The lowest BCUT2D eigenvalue weighted by atomic mass is 10.1. The van der Waals surface area contributed by atoms with Gasteiger partial charge < -0.3 is 19.7 Å². The van der Waals surface area contributed by atoms with E-state index in [0.29, 0.717) is 6.61 Å². The van der Waals surface area contributed by atoms with Crippen molar-refractivity contribution in [2.24, 2.45) is 0 Å². The fourth-order valence-electron chi connectivity index (χ4n) is 1.38. The van der Waals surface area contributed by atoms with Gasteiger partial charge in [0.1, 0.15) is 18.3 Å². The minimum absolute atomic E-state index is 0.284. The van der Waals surface area contributed by atoms with Crippen LogP contribution in [0.25, 0.3) is 0 Å². The Hall–Kier alpha value is -0.420. The van der Waals surface area contributed by atoms with E-state index in [-0.39, 0.29) is 6.10 Å². The predicted octanol–water partition coefficient (Wildman–Crippen LogP) is -0.981. The fourth-order valence-corrected chi connectivity index (χ4v) is 1.38. The molecule has 1 saturated heterocycles. The minimum Gasteiger partial charge on any atom is -0.385 e. The molecule has 0 radical (unpaired) electrons. The van der Waals surface area contributed by atoms with Crippen LogP contribution in [0.15, 0.2) is 12.2 Å². The smallest absolute Gasteiger partial charge is 0.184 e. The SMILES string of the molecule is OC1OC2C=CCOC2C1O. The number of hydrogen-bond acceptors (Lipinski definition) is 4. The average Bonchev–Trinajstić information content (AvgIpc) is 2.30. The topological polar surface area (TPSA) is 58.9 Å². The maximum Gasteiger partial charge on any atom is 0.184 e. The molecule has 4 unspecified atom stereocenters. The summed E-state index contributed by atoms with van der Waals surface area (Å²) in [5.74, 6) is 0. The standard InChI is InChI=1S/C7H10O4/c8-5-6-4(11-7(5)9)2-1-3-10-6/h1-2,4-9H,3H2. The Morgan fingerprint density at radius 2 is 2.18 bits per heavy atom. The van der Waals surface area contributed by atoms with Gasteiger partial charge in [-0.05, 0) is 0 Å². The summed E-state index contributed by atoms with van der Waals surface area (Å²) in [7, 11) is 0. The molecule has 2 heterocycles. The average molecular weight is 158 g/mol. The molecule has 2 rings (SSSR count). The molecule has 0 aromatic heterocycles. The highest BCUT2D eigenvalue weighted by molar-refractivity contribution is 5.04. The summed E-state index contributed by atoms with van der Waals surface area (Å²) in [5, 5.41) is 18.3. The number of hydrogen-bond donors (Lipinski definition) is 2. The highest BCUT2D eigenvalue weighted by Gasteiger charge is 2.43. The van der Waals surface area contributed by atoms with Crippen molar-refractivity contribution in [1.29, 1.82) is 0 Å². The molecule has 62 valence electrons. The molecule has 0 aromatic rings. The lowest BCUT2D eigenvalue weighted by molar-refractivity contribution is -0.120. The second-order valence-corrected chi connectivity index (χ2v) is 2.71. The summed E-state index contributed by atoms with van der Waals surface area (Å²) in [6, 6.07) is 0. The molecular formula is C7H10O4. The first-order valence-electron chi connectivity index (χ1n) is 3.59. The third-order valence-corrected chi connectivity index (χ3v) is 1.96. The third-order valence-electron chi connectivity index (χ3n) is 1.96. The maximum atomic E-state index is 9.26. The molecule has 0 aliphatic carbocycles. The van der Waals surface area contributed by atoms with Crippen LogP contribution in [0.1, 0.15) is 0 Å². The zero-order valence-corrected chi connectivity index (χ0v) is 5.88. The van der Waals surface area contributed by atoms with E-state index in [4.69, 9.17) is 14.6 Å². The fraction of sp³-hybridized carbons (Fsp3) is 0.714. The van der Waals surface area contributed by atoms with Gasteiger partial charge >= 0.3 is 0 Å². The van der Waals surface area contributed by atoms with E-state index in [9.17, 15) is 5.11 Å². The molecule has 0 amide bonds. The van der Waals surface area contributed by atoms with Crippen molar-refractivity contribution in [3.05, 3.63) is 12.2 Å². The van der Waals surface area contributed by atoms with Crippen molar-refractivity contribution in [3.8, 4) is 0 Å². The Morgan fingerprint density at radius 3 is 2.91 bits per heavy atom. The monoisotopic (exact) mass is 158 g/mol. The number of aliphatic hydroxyl groups excluding tert-OH is 2. The lowest BCUT2D eigenvalue weighted by Gasteiger charge is -2.20. The molecule has 11 heavy (non-hydrogen) atoms. The zero-order valence-electron chi connectivity index (χ0n) is 5.88. The summed E-state index contributed by atoms with van der Waals surface area (Å²) in [4.78, 5) is 0. The maximum absolute atomic E-state index is 9.26. The zero-order chi connectivity index (χ0) is 7.84. The summed E-state index contributed by atoms with van der Waals surface area (Å²) in [6.45, 7) is 0.480. The van der Waals surface area contributed by atoms with Gasteiger partial charge in [-0.1, -0.05) is 12.2 Å². The van der Waals surface area contributed by atoms with E-state index in [2.05, 4.69) is 0 Å². The largest absolute Gasteiger partial charge is 0.385 e. The normalized spacial score (nSPS) is 49.3. The van der Waals surface area contributed by atoms with Gasteiger partial charge in [0.15, 0.2) is 6.29 Å². The van der Waals surface area contributed by atoms with Gasteiger partial charge in [0.05, 0.1) is 6.61 Å². The number of aliphatic hydroxyl groups is 2. The first kappa shape index (κ1) is 7.24. The second kappa shape index (κ2) is 2.57. The van der Waals surface area contributed by atoms with Crippen molar-refractivity contribution >= 4 is 0 Å². The Kier molecular flexibility index (Phi) is 1.69. The first-order chi connectivity index (χ1) is 5.29. The predicted molar refractivity (Wildman–Crippen MR) is 35.8 cm³/mol. The van der Waals surface area contributed by atoms with E-state index in [1.807, 2.05) is 6.08 Å². The summed E-state index contributed by atoms with van der Waals surface area (Å²) < 4.78 is 10.1. The van der Waals surface area contributed by atoms with Crippen LogP contribution in [0.4, 0.5) is 0 Å². The quantitative estimate of drug-likeness (QED) is 0.445. The van der Waals surface area contributed by atoms with Crippen molar-refractivity contribution in [2.75, 3.05) is 6.61 Å². The molecule has 2 aliphatic heterocycles. The molecule has 2 N–H and O–H groups in total. The van der Waals surface area contributed by atoms with Gasteiger partial charge in [-0.3, -0.25) is 0 Å². The Morgan fingerprint density at radius 1 is 1.36 bits per heavy atom. The summed E-state index contributed by atoms with van der Waals surface area (Å²) >= 11 is 0. The lowest BCUT2D eigenvalue weighted by Crippen LogP contribution is -2.36. The Labute approximate surface area is 64.0 Å². The van der Waals surface area contributed by atoms with Crippen molar-refractivity contribution in [1.82, 2.24) is 0 Å². The number of fused-ring (bicyclic) bond motifs is 1. The van der Waals surface area contributed by atoms with E-state index < -0.39 is 18.5 Å². The van der Waals surface area contributed by atoms with Gasteiger partial charge in [0.25, 0.3) is 0 Å². The van der Waals surface area contributed by atoms with Crippen LogP contribution in [0.2, 0.25) is 0 Å². The first-order valence-corrected chi connectivity index (χ1v) is 3.59. The van der Waals surface area contributed by atoms with Crippen LogP contribution in [0.5, 0.6) is 0 Å². The highest BCUT2D eigenvalue weighted by Crippen LogP contribution is 2.25. The van der Waals surface area contributed by atoms with Crippen LogP contribution < -0.4 is 0 Å². The van der Waals surface area contributed by atoms with E-state index in [0.717, 1.165) is 0 Å². The Bertz CT molecular complexity index is 179. The molecule has 0 aromatic carbocycles. The van der Waals surface area contributed by atoms with E-state index in [1.165, 1.54) is 0 Å². The third kappa shape index (κ3) is 1.08. The van der Waals surface area contributed by atoms with E-state index in [1.54, 1.807) is 6.08 Å². The van der Waals surface area contributed by atoms with Gasteiger partial charge in [-0.25, -0.2) is 0 Å². The molecule has 1 fully saturated rings. The second-order valence-electron chi connectivity index (χ2n) is 2.71. The van der Waals surface area contributed by atoms with Gasteiger partial charge in [0, 0.05) is 0 Å². The van der Waals surface area contributed by atoms with Crippen LogP contribution >= 0.6 is 0 Å². The van der Waals surface area contributed by atoms with Gasteiger partial charge in [-0.2, -0.15) is 0 Å². The molecular weight excluding hydrogens is 148 g/mol. The molecule has 0 spiro atoms. The van der Waals surface area contributed by atoms with Crippen LogP contribution in [0, 0.1) is 0 Å². The van der Waals surface area contributed by atoms with Gasteiger partial charge in [0.2, 0.25) is 0 Å². The number of ether oxygens (including phenoxy) is 2. The summed E-state index contributed by atoms with van der Waals surface area (Å²) in [6.07, 6.45) is 0.918. The van der Waals surface area contributed by atoms with E-state index >= 15 is 0 Å². The van der Waals surface area contributed by atoms with Crippen molar-refractivity contribution in [3.63, 3.8) is 0 Å².